The first-order valence-electron chi connectivity index (χ1n) is 9.39. The topological polar surface area (TPSA) is 36.0 Å². The minimum Gasteiger partial charge on any atom is -0.370 e. The Morgan fingerprint density at radius 3 is 2.52 bits per heavy atom. The summed E-state index contributed by atoms with van der Waals surface area (Å²) in [7, 11) is 2.19. The molecule has 4 rings (SSSR count). The highest BCUT2D eigenvalue weighted by Gasteiger charge is 2.52. The van der Waals surface area contributed by atoms with Gasteiger partial charge in [0, 0.05) is 37.8 Å². The average molecular weight is 343 g/mol. The monoisotopic (exact) mass is 343 g/mol. The quantitative estimate of drug-likeness (QED) is 0.816. The van der Waals surface area contributed by atoms with Gasteiger partial charge in [-0.05, 0) is 50.6 Å². The Hall–Kier alpha value is -1.43. The van der Waals surface area contributed by atoms with Crippen molar-refractivity contribution in [3.63, 3.8) is 0 Å². The number of amides is 1. The number of carbonyl (C=O) groups is 1. The Kier molecular flexibility index (Phi) is 4.34. The molecular formula is C20H29N3O2. The van der Waals surface area contributed by atoms with Crippen molar-refractivity contribution in [3.8, 4) is 0 Å². The maximum Gasteiger partial charge on any atom is 0.254 e. The van der Waals surface area contributed by atoms with Crippen LogP contribution in [0.15, 0.2) is 18.2 Å². The van der Waals surface area contributed by atoms with Gasteiger partial charge in [0.25, 0.3) is 5.91 Å². The summed E-state index contributed by atoms with van der Waals surface area (Å²) in [6, 6.07) is 6.50. The van der Waals surface area contributed by atoms with E-state index in [1.165, 1.54) is 11.1 Å². The van der Waals surface area contributed by atoms with Gasteiger partial charge in [0.2, 0.25) is 0 Å². The van der Waals surface area contributed by atoms with Crippen molar-refractivity contribution in [1.82, 2.24) is 14.7 Å². The van der Waals surface area contributed by atoms with Gasteiger partial charge in [0.15, 0.2) is 0 Å². The molecule has 1 aromatic carbocycles. The Labute approximate surface area is 150 Å². The third-order valence-electron chi connectivity index (χ3n) is 6.24. The first-order chi connectivity index (χ1) is 12.0. The Morgan fingerprint density at radius 1 is 1.12 bits per heavy atom. The zero-order chi connectivity index (χ0) is 17.6. The smallest absolute Gasteiger partial charge is 0.254 e. The van der Waals surface area contributed by atoms with Gasteiger partial charge in [-0.3, -0.25) is 9.69 Å². The van der Waals surface area contributed by atoms with Crippen LogP contribution in [0.3, 0.4) is 0 Å². The predicted octanol–water partition coefficient (Wildman–Crippen LogP) is 1.53. The molecular weight excluding hydrogens is 314 g/mol. The lowest BCUT2D eigenvalue weighted by Crippen LogP contribution is -2.63. The van der Waals surface area contributed by atoms with Crippen molar-refractivity contribution in [1.29, 1.82) is 0 Å². The number of likely N-dealkylation sites (tertiary alicyclic amines) is 1. The summed E-state index contributed by atoms with van der Waals surface area (Å²) in [6.45, 7) is 11.0. The van der Waals surface area contributed by atoms with Crippen LogP contribution in [0.1, 0.15) is 27.9 Å². The first kappa shape index (κ1) is 17.0. The first-order valence-corrected chi connectivity index (χ1v) is 9.39. The summed E-state index contributed by atoms with van der Waals surface area (Å²) in [5.41, 5.74) is 3.11. The SMILES string of the molecule is Cc1ccc(C(=O)N2CC3(CC(N4CCN(C)CC4)CO3)C2)cc1C. The van der Waals surface area contributed by atoms with Crippen LogP contribution in [-0.2, 0) is 4.74 Å². The van der Waals surface area contributed by atoms with E-state index in [2.05, 4.69) is 30.7 Å². The molecule has 3 fully saturated rings. The number of ether oxygens (including phenoxy) is 1. The molecule has 0 aromatic heterocycles. The van der Waals surface area contributed by atoms with Gasteiger partial charge in [-0.15, -0.1) is 0 Å². The summed E-state index contributed by atoms with van der Waals surface area (Å²) in [4.78, 5) is 19.6. The van der Waals surface area contributed by atoms with Crippen LogP contribution in [0.2, 0.25) is 0 Å². The van der Waals surface area contributed by atoms with Gasteiger partial charge in [0.1, 0.15) is 5.60 Å². The van der Waals surface area contributed by atoms with Crippen molar-refractivity contribution >= 4 is 5.91 Å². The molecule has 0 radical (unpaired) electrons. The maximum absolute atomic E-state index is 12.7. The summed E-state index contributed by atoms with van der Waals surface area (Å²) in [5.74, 6) is 0.139. The van der Waals surface area contributed by atoms with E-state index in [0.717, 1.165) is 57.9 Å². The molecule has 3 saturated heterocycles. The van der Waals surface area contributed by atoms with Crippen molar-refractivity contribution in [2.24, 2.45) is 0 Å². The third-order valence-corrected chi connectivity index (χ3v) is 6.24. The van der Waals surface area contributed by atoms with Crippen molar-refractivity contribution in [2.75, 3.05) is 52.9 Å². The molecule has 3 heterocycles. The van der Waals surface area contributed by atoms with Gasteiger partial charge >= 0.3 is 0 Å². The highest BCUT2D eigenvalue weighted by atomic mass is 16.5. The summed E-state index contributed by atoms with van der Waals surface area (Å²) >= 11 is 0. The Bertz CT molecular complexity index is 661. The summed E-state index contributed by atoms with van der Waals surface area (Å²) < 4.78 is 6.18. The Morgan fingerprint density at radius 2 is 1.84 bits per heavy atom. The molecule has 0 aliphatic carbocycles. The van der Waals surface area contributed by atoms with E-state index in [9.17, 15) is 4.79 Å². The summed E-state index contributed by atoms with van der Waals surface area (Å²) in [5, 5.41) is 0. The Balaban J connectivity index is 1.34. The van der Waals surface area contributed by atoms with Crippen LogP contribution < -0.4 is 0 Å². The molecule has 3 aliphatic heterocycles. The molecule has 0 N–H and O–H groups in total. The van der Waals surface area contributed by atoms with E-state index < -0.39 is 0 Å². The van der Waals surface area contributed by atoms with E-state index in [1.54, 1.807) is 0 Å². The number of piperazine rings is 1. The fraction of sp³-hybridized carbons (Fsp3) is 0.650. The van der Waals surface area contributed by atoms with E-state index in [1.807, 2.05) is 23.1 Å². The van der Waals surface area contributed by atoms with Gasteiger partial charge in [-0.25, -0.2) is 0 Å². The standard InChI is InChI=1S/C20H29N3O2/c1-15-4-5-17(10-16(15)2)19(24)23-13-20(14-23)11-18(12-25-20)22-8-6-21(3)7-9-22/h4-5,10,18H,6-9,11-14H2,1-3H3. The van der Waals surface area contributed by atoms with Gasteiger partial charge < -0.3 is 14.5 Å². The molecule has 136 valence electrons. The van der Waals surface area contributed by atoms with Crippen LogP contribution in [0.4, 0.5) is 0 Å². The second-order valence-electron chi connectivity index (χ2n) is 8.15. The largest absolute Gasteiger partial charge is 0.370 e. The molecule has 1 spiro atoms. The molecule has 5 nitrogen and oxygen atoms in total. The fourth-order valence-corrected chi connectivity index (χ4v) is 4.31. The van der Waals surface area contributed by atoms with Crippen LogP contribution >= 0.6 is 0 Å². The van der Waals surface area contributed by atoms with Crippen LogP contribution in [0.5, 0.6) is 0 Å². The van der Waals surface area contributed by atoms with E-state index >= 15 is 0 Å². The van der Waals surface area contributed by atoms with Crippen LogP contribution in [0, 0.1) is 13.8 Å². The highest BCUT2D eigenvalue weighted by Crippen LogP contribution is 2.37. The normalized spacial score (nSPS) is 26.8. The second kappa shape index (κ2) is 6.38. The van der Waals surface area contributed by atoms with Gasteiger partial charge in [0.05, 0.1) is 19.7 Å². The number of hydrogen-bond acceptors (Lipinski definition) is 4. The molecule has 1 unspecified atom stereocenters. The van der Waals surface area contributed by atoms with E-state index in [-0.39, 0.29) is 11.5 Å². The number of hydrogen-bond donors (Lipinski definition) is 0. The fourth-order valence-electron chi connectivity index (χ4n) is 4.31. The van der Waals surface area contributed by atoms with Gasteiger partial charge in [-0.2, -0.15) is 0 Å². The predicted molar refractivity (Wildman–Crippen MR) is 98.0 cm³/mol. The lowest BCUT2D eigenvalue weighted by atomic mass is 9.88. The lowest BCUT2D eigenvalue weighted by molar-refractivity contribution is -0.0951. The molecule has 0 saturated carbocycles. The molecule has 3 aliphatic rings. The zero-order valence-electron chi connectivity index (χ0n) is 15.6. The number of carbonyl (C=O) groups excluding carboxylic acids is 1. The number of likely N-dealkylation sites (N-methyl/N-ethyl adjacent to an activating group) is 1. The molecule has 1 atom stereocenters. The van der Waals surface area contributed by atoms with Crippen LogP contribution in [-0.4, -0.2) is 85.2 Å². The third kappa shape index (κ3) is 3.21. The molecule has 25 heavy (non-hydrogen) atoms. The van der Waals surface area contributed by atoms with Gasteiger partial charge in [-0.1, -0.05) is 6.07 Å². The number of nitrogens with zero attached hydrogens (tertiary/aromatic N) is 3. The van der Waals surface area contributed by atoms with Crippen molar-refractivity contribution in [2.45, 2.75) is 31.9 Å². The molecule has 1 amide bonds. The van der Waals surface area contributed by atoms with Crippen LogP contribution in [0.25, 0.3) is 0 Å². The average Bonchev–Trinajstić information content (AvgIpc) is 3.02. The zero-order valence-corrected chi connectivity index (χ0v) is 15.6. The van der Waals surface area contributed by atoms with Crippen molar-refractivity contribution < 1.29 is 9.53 Å². The molecule has 1 aromatic rings. The maximum atomic E-state index is 12.7. The summed E-state index contributed by atoms with van der Waals surface area (Å²) in [6.07, 6.45) is 1.06. The molecule has 5 heteroatoms. The number of rotatable bonds is 2. The van der Waals surface area contributed by atoms with E-state index in [0.29, 0.717) is 6.04 Å². The molecule has 0 bridgehead atoms. The van der Waals surface area contributed by atoms with E-state index in [4.69, 9.17) is 4.74 Å². The van der Waals surface area contributed by atoms with Crippen molar-refractivity contribution in [3.05, 3.63) is 34.9 Å². The minimum atomic E-state index is -0.0938. The lowest BCUT2D eigenvalue weighted by Gasteiger charge is -2.47. The second-order valence-corrected chi connectivity index (χ2v) is 8.15. The minimum absolute atomic E-state index is 0.0938. The number of aryl methyl sites for hydroxylation is 2. The number of benzene rings is 1. The highest BCUT2D eigenvalue weighted by molar-refractivity contribution is 5.95.